The molecule has 20 heavy (non-hydrogen) atoms. The van der Waals surface area contributed by atoms with Gasteiger partial charge in [-0.05, 0) is 40.9 Å². The second kappa shape index (κ2) is 6.32. The molecule has 0 amide bonds. The number of sulfonamides is 1. The van der Waals surface area contributed by atoms with Crippen molar-refractivity contribution >= 4 is 50.2 Å². The highest BCUT2D eigenvalue weighted by molar-refractivity contribution is 7.89. The second-order valence-corrected chi connectivity index (χ2v) is 7.35. The molecule has 108 valence electrons. The van der Waals surface area contributed by atoms with Gasteiger partial charge in [-0.3, -0.25) is 0 Å². The third kappa shape index (κ3) is 3.45. The van der Waals surface area contributed by atoms with Gasteiger partial charge < -0.3 is 5.73 Å². The van der Waals surface area contributed by atoms with Crippen LogP contribution < -0.4 is 10.5 Å². The van der Waals surface area contributed by atoms with Gasteiger partial charge in [-0.1, -0.05) is 23.2 Å². The highest BCUT2D eigenvalue weighted by Crippen LogP contribution is 2.32. The van der Waals surface area contributed by atoms with E-state index in [1.807, 2.05) is 16.8 Å². The molecular weight excluding hydrogens is 339 g/mol. The van der Waals surface area contributed by atoms with Crippen LogP contribution in [0.1, 0.15) is 5.56 Å². The van der Waals surface area contributed by atoms with E-state index in [0.29, 0.717) is 6.42 Å². The molecule has 0 saturated carbocycles. The van der Waals surface area contributed by atoms with Crippen LogP contribution >= 0.6 is 34.5 Å². The highest BCUT2D eigenvalue weighted by atomic mass is 35.5. The Balaban J connectivity index is 2.12. The Labute approximate surface area is 131 Å². The van der Waals surface area contributed by atoms with Crippen LogP contribution in [-0.2, 0) is 16.4 Å². The van der Waals surface area contributed by atoms with Crippen LogP contribution in [0.3, 0.4) is 0 Å². The summed E-state index contributed by atoms with van der Waals surface area (Å²) in [5, 5.41) is 4.09. The molecule has 0 aliphatic heterocycles. The fourth-order valence-electron chi connectivity index (χ4n) is 1.60. The lowest BCUT2D eigenvalue weighted by molar-refractivity contribution is 0.582. The fourth-order valence-corrected chi connectivity index (χ4v) is 4.10. The van der Waals surface area contributed by atoms with Crippen molar-refractivity contribution in [1.29, 1.82) is 0 Å². The molecule has 1 aromatic heterocycles. The SMILES string of the molecule is Nc1c(Cl)ccc(S(=O)(=O)NCCc2ccsc2)c1Cl. The number of hydrogen-bond donors (Lipinski definition) is 2. The van der Waals surface area contributed by atoms with Crippen molar-refractivity contribution < 1.29 is 8.42 Å². The van der Waals surface area contributed by atoms with Gasteiger partial charge in [-0.25, -0.2) is 13.1 Å². The molecule has 0 unspecified atom stereocenters. The minimum atomic E-state index is -3.70. The molecule has 0 aliphatic carbocycles. The number of hydrogen-bond acceptors (Lipinski definition) is 4. The first-order valence-electron chi connectivity index (χ1n) is 5.66. The zero-order chi connectivity index (χ0) is 14.8. The van der Waals surface area contributed by atoms with Crippen LogP contribution in [0.25, 0.3) is 0 Å². The summed E-state index contributed by atoms with van der Waals surface area (Å²) >= 11 is 13.3. The van der Waals surface area contributed by atoms with Crippen molar-refractivity contribution in [2.45, 2.75) is 11.3 Å². The van der Waals surface area contributed by atoms with E-state index in [1.54, 1.807) is 11.3 Å². The Morgan fingerprint density at radius 2 is 2.00 bits per heavy atom. The summed E-state index contributed by atoms with van der Waals surface area (Å²) in [4.78, 5) is -0.0635. The van der Waals surface area contributed by atoms with Gasteiger partial charge in [0.25, 0.3) is 0 Å². The molecule has 1 aromatic carbocycles. The first-order valence-corrected chi connectivity index (χ1v) is 8.84. The molecule has 3 N–H and O–H groups in total. The monoisotopic (exact) mass is 350 g/mol. The van der Waals surface area contributed by atoms with E-state index in [2.05, 4.69) is 4.72 Å². The molecule has 1 heterocycles. The number of benzene rings is 1. The Bertz CT molecular complexity index is 700. The predicted molar refractivity (Wildman–Crippen MR) is 84.1 cm³/mol. The molecule has 2 rings (SSSR count). The molecule has 4 nitrogen and oxygen atoms in total. The molecular formula is C12H12Cl2N2O2S2. The first kappa shape index (κ1) is 15.6. The maximum atomic E-state index is 12.2. The number of nitrogen functional groups attached to an aromatic ring is 1. The standard InChI is InChI=1S/C12H12Cl2N2O2S2/c13-9-1-2-10(11(14)12(9)15)20(17,18)16-5-3-8-4-6-19-7-8/h1-2,4,6-7,16H,3,5,15H2. The number of nitrogens with two attached hydrogens (primary N) is 1. The maximum Gasteiger partial charge on any atom is 0.242 e. The van der Waals surface area contributed by atoms with Crippen molar-refractivity contribution in [3.8, 4) is 0 Å². The van der Waals surface area contributed by atoms with Crippen molar-refractivity contribution in [2.75, 3.05) is 12.3 Å². The molecule has 0 fully saturated rings. The predicted octanol–water partition coefficient (Wildman–Crippen LogP) is 3.16. The maximum absolute atomic E-state index is 12.2. The topological polar surface area (TPSA) is 72.2 Å². The average Bonchev–Trinajstić information content (AvgIpc) is 2.88. The summed E-state index contributed by atoms with van der Waals surface area (Å²) in [5.74, 6) is 0. The second-order valence-electron chi connectivity index (χ2n) is 4.05. The van der Waals surface area contributed by atoms with Crippen LogP contribution in [0.5, 0.6) is 0 Å². The number of rotatable bonds is 5. The molecule has 0 atom stereocenters. The van der Waals surface area contributed by atoms with Gasteiger partial charge in [0.05, 0.1) is 15.7 Å². The van der Waals surface area contributed by atoms with Crippen LogP contribution in [0, 0.1) is 0 Å². The number of nitrogens with one attached hydrogen (secondary N) is 1. The number of thiophene rings is 1. The minimum absolute atomic E-state index is 0.0551. The summed E-state index contributed by atoms with van der Waals surface area (Å²) in [6.45, 7) is 0.290. The van der Waals surface area contributed by atoms with E-state index in [-0.39, 0.29) is 27.2 Å². The minimum Gasteiger partial charge on any atom is -0.396 e. The third-order valence-corrected chi connectivity index (χ3v) is 5.75. The fraction of sp³-hybridized carbons (Fsp3) is 0.167. The molecule has 0 spiro atoms. The normalized spacial score (nSPS) is 11.7. The Kier molecular flexibility index (Phi) is 4.93. The zero-order valence-electron chi connectivity index (χ0n) is 10.3. The van der Waals surface area contributed by atoms with E-state index >= 15 is 0 Å². The number of anilines is 1. The van der Waals surface area contributed by atoms with Crippen molar-refractivity contribution in [3.63, 3.8) is 0 Å². The Morgan fingerprint density at radius 1 is 1.25 bits per heavy atom. The van der Waals surface area contributed by atoms with E-state index < -0.39 is 10.0 Å². The van der Waals surface area contributed by atoms with E-state index in [1.165, 1.54) is 12.1 Å². The molecule has 0 bridgehead atoms. The third-order valence-electron chi connectivity index (χ3n) is 2.67. The Hall–Kier alpha value is -0.790. The molecule has 0 saturated heterocycles. The summed E-state index contributed by atoms with van der Waals surface area (Å²) in [7, 11) is -3.70. The summed E-state index contributed by atoms with van der Waals surface area (Å²) in [5.41, 5.74) is 6.78. The van der Waals surface area contributed by atoms with Crippen LogP contribution in [0.4, 0.5) is 5.69 Å². The van der Waals surface area contributed by atoms with Crippen molar-refractivity contribution in [2.24, 2.45) is 0 Å². The smallest absolute Gasteiger partial charge is 0.242 e. The van der Waals surface area contributed by atoms with E-state index in [9.17, 15) is 8.42 Å². The van der Waals surface area contributed by atoms with E-state index in [4.69, 9.17) is 28.9 Å². The lowest BCUT2D eigenvalue weighted by Gasteiger charge is -2.10. The van der Waals surface area contributed by atoms with E-state index in [0.717, 1.165) is 5.56 Å². The lowest BCUT2D eigenvalue weighted by Crippen LogP contribution is -2.26. The largest absolute Gasteiger partial charge is 0.396 e. The highest BCUT2D eigenvalue weighted by Gasteiger charge is 2.20. The Morgan fingerprint density at radius 3 is 2.65 bits per heavy atom. The van der Waals surface area contributed by atoms with Gasteiger partial charge in [0.1, 0.15) is 4.90 Å². The first-order chi connectivity index (χ1) is 9.42. The molecule has 0 radical (unpaired) electrons. The van der Waals surface area contributed by atoms with Gasteiger partial charge in [0.15, 0.2) is 0 Å². The number of halogens is 2. The quantitative estimate of drug-likeness (QED) is 0.813. The van der Waals surface area contributed by atoms with Crippen LogP contribution in [0.15, 0.2) is 33.9 Å². The van der Waals surface area contributed by atoms with Crippen molar-refractivity contribution in [3.05, 3.63) is 44.6 Å². The van der Waals surface area contributed by atoms with Gasteiger partial charge in [-0.2, -0.15) is 11.3 Å². The molecule has 2 aromatic rings. The van der Waals surface area contributed by atoms with Gasteiger partial charge >= 0.3 is 0 Å². The summed E-state index contributed by atoms with van der Waals surface area (Å²) in [6.07, 6.45) is 0.615. The molecule has 8 heteroatoms. The lowest BCUT2D eigenvalue weighted by atomic mass is 10.2. The van der Waals surface area contributed by atoms with Crippen molar-refractivity contribution in [1.82, 2.24) is 4.72 Å². The van der Waals surface area contributed by atoms with Gasteiger partial charge in [0, 0.05) is 6.54 Å². The van der Waals surface area contributed by atoms with Gasteiger partial charge in [-0.15, -0.1) is 0 Å². The summed E-state index contributed by atoms with van der Waals surface area (Å²) < 4.78 is 26.8. The zero-order valence-corrected chi connectivity index (χ0v) is 13.4. The summed E-state index contributed by atoms with van der Waals surface area (Å²) in [6, 6.07) is 4.70. The average molecular weight is 351 g/mol. The van der Waals surface area contributed by atoms with Gasteiger partial charge in [0.2, 0.25) is 10.0 Å². The van der Waals surface area contributed by atoms with Crippen LogP contribution in [-0.4, -0.2) is 15.0 Å². The van der Waals surface area contributed by atoms with Crippen LogP contribution in [0.2, 0.25) is 10.0 Å². The molecule has 0 aliphatic rings.